The molecule has 0 amide bonds. The summed E-state index contributed by atoms with van der Waals surface area (Å²) >= 11 is 1.56. The van der Waals surface area contributed by atoms with Gasteiger partial charge in [0.25, 0.3) is 5.19 Å². The van der Waals surface area contributed by atoms with Crippen molar-refractivity contribution in [2.24, 2.45) is 0 Å². The number of likely N-dealkylation sites (N-methyl/N-ethyl adjacent to an activating group) is 1. The molecule has 0 atom stereocenters. The predicted octanol–water partition coefficient (Wildman–Crippen LogP) is 1.60. The Bertz CT molecular complexity index is 439. The lowest BCUT2D eigenvalue weighted by Crippen LogP contribution is -2.27. The van der Waals surface area contributed by atoms with Gasteiger partial charge in [-0.25, -0.2) is 4.98 Å². The molecule has 0 saturated heterocycles. The van der Waals surface area contributed by atoms with E-state index in [0.29, 0.717) is 18.3 Å². The molecular formula is C12H16N2O2S. The van der Waals surface area contributed by atoms with Crippen molar-refractivity contribution in [3.63, 3.8) is 0 Å². The second-order valence-corrected chi connectivity index (χ2v) is 4.82. The number of aromatic nitrogens is 1. The van der Waals surface area contributed by atoms with Crippen LogP contribution in [-0.2, 0) is 0 Å². The molecule has 0 unspecified atom stereocenters. The number of aliphatic hydroxyl groups is 1. The summed E-state index contributed by atoms with van der Waals surface area (Å²) in [6.45, 7) is 2.23. The minimum Gasteiger partial charge on any atom is -0.469 e. The summed E-state index contributed by atoms with van der Waals surface area (Å²) in [7, 11) is 1.96. The Morgan fingerprint density at radius 1 is 1.35 bits per heavy atom. The van der Waals surface area contributed by atoms with Gasteiger partial charge in [-0.1, -0.05) is 23.5 Å². The molecular weight excluding hydrogens is 236 g/mol. The van der Waals surface area contributed by atoms with Gasteiger partial charge >= 0.3 is 0 Å². The molecule has 0 aliphatic carbocycles. The Morgan fingerprint density at radius 2 is 2.18 bits per heavy atom. The van der Waals surface area contributed by atoms with Crippen molar-refractivity contribution >= 4 is 21.6 Å². The van der Waals surface area contributed by atoms with Gasteiger partial charge in [0.2, 0.25) is 0 Å². The fourth-order valence-corrected chi connectivity index (χ4v) is 2.32. The van der Waals surface area contributed by atoms with Crippen molar-refractivity contribution in [2.45, 2.75) is 0 Å². The topological polar surface area (TPSA) is 45.6 Å². The first-order valence-corrected chi connectivity index (χ1v) is 6.39. The quantitative estimate of drug-likeness (QED) is 0.848. The lowest BCUT2D eigenvalue weighted by atomic mass is 10.3. The molecule has 4 nitrogen and oxygen atoms in total. The van der Waals surface area contributed by atoms with E-state index < -0.39 is 0 Å². The van der Waals surface area contributed by atoms with Crippen molar-refractivity contribution in [3.8, 4) is 5.19 Å². The van der Waals surface area contributed by atoms with Gasteiger partial charge in [0.1, 0.15) is 6.61 Å². The maximum atomic E-state index is 8.76. The molecule has 0 aliphatic heterocycles. The van der Waals surface area contributed by atoms with E-state index >= 15 is 0 Å². The Morgan fingerprint density at radius 3 is 2.94 bits per heavy atom. The van der Waals surface area contributed by atoms with Gasteiger partial charge in [-0.15, -0.1) is 0 Å². The van der Waals surface area contributed by atoms with Gasteiger partial charge in [-0.2, -0.15) is 0 Å². The molecule has 1 heterocycles. The van der Waals surface area contributed by atoms with E-state index in [0.717, 1.165) is 16.8 Å². The van der Waals surface area contributed by atoms with Gasteiger partial charge in [0, 0.05) is 13.1 Å². The van der Waals surface area contributed by atoms with E-state index in [4.69, 9.17) is 9.84 Å². The molecule has 5 heteroatoms. The Kier molecular flexibility index (Phi) is 4.30. The molecule has 17 heavy (non-hydrogen) atoms. The molecule has 0 aliphatic rings. The van der Waals surface area contributed by atoms with Crippen LogP contribution in [0.25, 0.3) is 10.2 Å². The van der Waals surface area contributed by atoms with Crippen LogP contribution in [0.5, 0.6) is 5.19 Å². The zero-order chi connectivity index (χ0) is 12.1. The van der Waals surface area contributed by atoms with Gasteiger partial charge < -0.3 is 14.7 Å². The smallest absolute Gasteiger partial charge is 0.274 e. The number of thiazole rings is 1. The average molecular weight is 252 g/mol. The van der Waals surface area contributed by atoms with Crippen LogP contribution in [-0.4, -0.2) is 48.3 Å². The number of rotatable bonds is 6. The highest BCUT2D eigenvalue weighted by Gasteiger charge is 2.04. The van der Waals surface area contributed by atoms with Crippen LogP contribution in [0.1, 0.15) is 0 Å². The molecule has 0 spiro atoms. The normalized spacial score (nSPS) is 11.2. The number of hydrogen-bond acceptors (Lipinski definition) is 5. The lowest BCUT2D eigenvalue weighted by Gasteiger charge is -2.14. The first-order chi connectivity index (χ1) is 8.29. The highest BCUT2D eigenvalue weighted by Crippen LogP contribution is 2.26. The van der Waals surface area contributed by atoms with Crippen molar-refractivity contribution in [2.75, 3.05) is 33.4 Å². The first-order valence-electron chi connectivity index (χ1n) is 5.57. The van der Waals surface area contributed by atoms with Crippen LogP contribution in [0, 0.1) is 0 Å². The molecule has 2 aromatic rings. The Labute approximate surface area is 104 Å². The Hall–Kier alpha value is -1.17. The largest absolute Gasteiger partial charge is 0.469 e. The number of benzene rings is 1. The number of aliphatic hydroxyl groups excluding tert-OH is 1. The van der Waals surface area contributed by atoms with E-state index in [1.54, 1.807) is 11.3 Å². The highest BCUT2D eigenvalue weighted by molar-refractivity contribution is 7.20. The summed E-state index contributed by atoms with van der Waals surface area (Å²) in [5.74, 6) is 0. The highest BCUT2D eigenvalue weighted by atomic mass is 32.1. The SMILES string of the molecule is CN(CCO)CCOc1nc2ccccc2s1. The van der Waals surface area contributed by atoms with E-state index in [-0.39, 0.29) is 6.61 Å². The van der Waals surface area contributed by atoms with Crippen molar-refractivity contribution in [1.82, 2.24) is 9.88 Å². The minimum atomic E-state index is 0.178. The molecule has 0 bridgehead atoms. The summed E-state index contributed by atoms with van der Waals surface area (Å²) < 4.78 is 6.74. The van der Waals surface area contributed by atoms with Crippen molar-refractivity contribution in [1.29, 1.82) is 0 Å². The molecule has 2 rings (SSSR count). The predicted molar refractivity (Wildman–Crippen MR) is 69.7 cm³/mol. The van der Waals surface area contributed by atoms with Crippen LogP contribution in [0.2, 0.25) is 0 Å². The molecule has 1 aromatic heterocycles. The number of hydrogen-bond donors (Lipinski definition) is 1. The third kappa shape index (κ3) is 3.39. The molecule has 1 N–H and O–H groups in total. The second-order valence-electron chi connectivity index (χ2n) is 3.82. The number of para-hydroxylation sites is 1. The molecule has 1 aromatic carbocycles. The standard InChI is InChI=1S/C12H16N2O2S/c1-14(6-8-15)7-9-16-12-13-10-4-2-3-5-11(10)17-12/h2-5,15H,6-9H2,1H3. The van der Waals surface area contributed by atoms with E-state index in [1.165, 1.54) is 0 Å². The number of fused-ring (bicyclic) bond motifs is 1. The second kappa shape index (κ2) is 5.95. The Balaban J connectivity index is 1.86. The minimum absolute atomic E-state index is 0.178. The number of nitrogens with zero attached hydrogens (tertiary/aromatic N) is 2. The fraction of sp³-hybridized carbons (Fsp3) is 0.417. The summed E-state index contributed by atoms with van der Waals surface area (Å²) in [6, 6.07) is 7.99. The van der Waals surface area contributed by atoms with Crippen molar-refractivity contribution < 1.29 is 9.84 Å². The molecule has 0 radical (unpaired) electrons. The molecule has 0 saturated carbocycles. The third-order valence-electron chi connectivity index (χ3n) is 2.45. The number of ether oxygens (including phenoxy) is 1. The molecule has 0 fully saturated rings. The van der Waals surface area contributed by atoms with Crippen molar-refractivity contribution in [3.05, 3.63) is 24.3 Å². The van der Waals surface area contributed by atoms with Crippen LogP contribution < -0.4 is 4.74 Å². The summed E-state index contributed by atoms with van der Waals surface area (Å²) in [4.78, 5) is 6.41. The van der Waals surface area contributed by atoms with Gasteiger partial charge in [-0.05, 0) is 19.2 Å². The van der Waals surface area contributed by atoms with E-state index in [9.17, 15) is 0 Å². The van der Waals surface area contributed by atoms with E-state index in [1.807, 2.05) is 36.2 Å². The van der Waals surface area contributed by atoms with E-state index in [2.05, 4.69) is 4.98 Å². The van der Waals surface area contributed by atoms with Crippen LogP contribution in [0.4, 0.5) is 0 Å². The van der Waals surface area contributed by atoms with Gasteiger partial charge in [-0.3, -0.25) is 0 Å². The summed E-state index contributed by atoms with van der Waals surface area (Å²) in [5.41, 5.74) is 0.983. The third-order valence-corrected chi connectivity index (χ3v) is 3.40. The van der Waals surface area contributed by atoms with Gasteiger partial charge in [0.05, 0.1) is 16.8 Å². The summed E-state index contributed by atoms with van der Waals surface area (Å²) in [6.07, 6.45) is 0. The van der Waals surface area contributed by atoms with Crippen LogP contribution in [0.3, 0.4) is 0 Å². The fourth-order valence-electron chi connectivity index (χ4n) is 1.48. The molecule has 92 valence electrons. The first kappa shape index (κ1) is 12.3. The van der Waals surface area contributed by atoms with Crippen LogP contribution >= 0.6 is 11.3 Å². The van der Waals surface area contributed by atoms with Crippen LogP contribution in [0.15, 0.2) is 24.3 Å². The average Bonchev–Trinajstić information content (AvgIpc) is 2.71. The maximum Gasteiger partial charge on any atom is 0.274 e. The zero-order valence-corrected chi connectivity index (χ0v) is 10.6. The zero-order valence-electron chi connectivity index (χ0n) is 9.80. The van der Waals surface area contributed by atoms with Gasteiger partial charge in [0.15, 0.2) is 0 Å². The summed E-state index contributed by atoms with van der Waals surface area (Å²) in [5, 5.41) is 9.47. The monoisotopic (exact) mass is 252 g/mol. The maximum absolute atomic E-state index is 8.76. The lowest BCUT2D eigenvalue weighted by molar-refractivity contribution is 0.192.